The molecule has 162 valence electrons. The number of sulfonamides is 1. The molecule has 1 N–H and O–H groups in total. The van der Waals surface area contributed by atoms with E-state index in [2.05, 4.69) is 5.32 Å². The van der Waals surface area contributed by atoms with E-state index in [4.69, 9.17) is 4.74 Å². The van der Waals surface area contributed by atoms with Gasteiger partial charge in [-0.05, 0) is 48.7 Å². The molecule has 0 unspecified atom stereocenters. The highest BCUT2D eigenvalue weighted by Gasteiger charge is 2.28. The highest BCUT2D eigenvalue weighted by atomic mass is 32.2. The van der Waals surface area contributed by atoms with Crippen LogP contribution in [0.3, 0.4) is 0 Å². The summed E-state index contributed by atoms with van der Waals surface area (Å²) in [7, 11) is -2.40. The number of nitrogens with zero attached hydrogens (tertiary/aromatic N) is 1. The quantitative estimate of drug-likeness (QED) is 0.574. The Kier molecular flexibility index (Phi) is 7.09. The number of ether oxygens (including phenoxy) is 1. The van der Waals surface area contributed by atoms with Crippen LogP contribution >= 0.6 is 0 Å². The predicted molar refractivity (Wildman–Crippen MR) is 122 cm³/mol. The fourth-order valence-corrected chi connectivity index (χ4v) is 4.93. The Bertz CT molecular complexity index is 1160. The second kappa shape index (κ2) is 9.76. The molecule has 0 heterocycles. The van der Waals surface area contributed by atoms with Gasteiger partial charge in [0.25, 0.3) is 0 Å². The van der Waals surface area contributed by atoms with Crippen molar-refractivity contribution in [3.8, 4) is 5.75 Å². The van der Waals surface area contributed by atoms with Gasteiger partial charge in [-0.1, -0.05) is 54.6 Å². The number of carbonyl (C=O) groups excluding carboxylic acids is 1. The molecule has 3 aromatic rings. The summed E-state index contributed by atoms with van der Waals surface area (Å²) in [5.41, 5.74) is 2.75. The summed E-state index contributed by atoms with van der Waals surface area (Å²) in [6.45, 7) is 3.34. The Labute approximate surface area is 183 Å². The molecule has 0 aromatic heterocycles. The molecule has 6 nitrogen and oxygen atoms in total. The van der Waals surface area contributed by atoms with Gasteiger partial charge in [0.05, 0.1) is 24.2 Å². The number of para-hydroxylation sites is 2. The largest absolute Gasteiger partial charge is 0.495 e. The van der Waals surface area contributed by atoms with E-state index >= 15 is 0 Å². The molecular formula is C24H26N2O4S. The molecule has 0 aliphatic rings. The molecule has 0 fully saturated rings. The zero-order valence-electron chi connectivity index (χ0n) is 17.8. The zero-order valence-corrected chi connectivity index (χ0v) is 18.6. The predicted octanol–water partition coefficient (Wildman–Crippen LogP) is 4.14. The van der Waals surface area contributed by atoms with Crippen molar-refractivity contribution in [1.82, 2.24) is 4.31 Å². The Hall–Kier alpha value is -3.16. The highest BCUT2D eigenvalue weighted by molar-refractivity contribution is 7.89. The van der Waals surface area contributed by atoms with Gasteiger partial charge in [-0.15, -0.1) is 0 Å². The summed E-state index contributed by atoms with van der Waals surface area (Å²) in [5, 5.41) is 2.76. The summed E-state index contributed by atoms with van der Waals surface area (Å²) < 4.78 is 33.6. The van der Waals surface area contributed by atoms with Crippen LogP contribution in [-0.2, 0) is 21.4 Å². The van der Waals surface area contributed by atoms with Crippen LogP contribution in [0.4, 0.5) is 5.69 Å². The second-order valence-corrected chi connectivity index (χ2v) is 9.18. The first-order valence-electron chi connectivity index (χ1n) is 9.85. The molecule has 0 aliphatic heterocycles. The van der Waals surface area contributed by atoms with E-state index in [0.29, 0.717) is 17.0 Å². The van der Waals surface area contributed by atoms with Crippen molar-refractivity contribution in [2.24, 2.45) is 0 Å². The molecule has 0 atom stereocenters. The normalized spacial score (nSPS) is 11.4. The Morgan fingerprint density at radius 2 is 1.65 bits per heavy atom. The lowest BCUT2D eigenvalue weighted by molar-refractivity contribution is -0.116. The van der Waals surface area contributed by atoms with E-state index in [1.54, 1.807) is 43.3 Å². The van der Waals surface area contributed by atoms with Gasteiger partial charge in [0, 0.05) is 6.54 Å². The van der Waals surface area contributed by atoms with E-state index in [0.717, 1.165) is 11.1 Å². The van der Waals surface area contributed by atoms with Gasteiger partial charge < -0.3 is 10.1 Å². The van der Waals surface area contributed by atoms with Crippen molar-refractivity contribution in [2.75, 3.05) is 19.0 Å². The molecule has 1 amide bonds. The third kappa shape index (κ3) is 5.51. The smallest absolute Gasteiger partial charge is 0.244 e. The molecular weight excluding hydrogens is 412 g/mol. The average molecular weight is 439 g/mol. The SMILES string of the molecule is COc1ccccc1NC(=O)CN(Cc1ccccc1)S(=O)(=O)c1cc(C)ccc1C. The molecule has 3 rings (SSSR count). The lowest BCUT2D eigenvalue weighted by atomic mass is 10.2. The third-order valence-corrected chi connectivity index (χ3v) is 6.80. The number of methoxy groups -OCH3 is 1. The van der Waals surface area contributed by atoms with Gasteiger partial charge in [0.2, 0.25) is 15.9 Å². The van der Waals surface area contributed by atoms with Gasteiger partial charge >= 0.3 is 0 Å². The number of anilines is 1. The van der Waals surface area contributed by atoms with E-state index in [1.165, 1.54) is 11.4 Å². The van der Waals surface area contributed by atoms with Crippen LogP contribution < -0.4 is 10.1 Å². The number of hydrogen-bond acceptors (Lipinski definition) is 4. The molecule has 0 aliphatic carbocycles. The third-order valence-electron chi connectivity index (χ3n) is 4.86. The standard InChI is InChI=1S/C24H26N2O4S/c1-18-13-14-19(2)23(15-18)31(28,29)26(16-20-9-5-4-6-10-20)17-24(27)25-21-11-7-8-12-22(21)30-3/h4-15H,16-17H2,1-3H3,(H,25,27). The summed E-state index contributed by atoms with van der Waals surface area (Å²) in [6.07, 6.45) is 0. The lowest BCUT2D eigenvalue weighted by Crippen LogP contribution is -2.38. The molecule has 0 saturated heterocycles. The number of rotatable bonds is 8. The first-order valence-corrected chi connectivity index (χ1v) is 11.3. The van der Waals surface area contributed by atoms with Crippen molar-refractivity contribution in [3.63, 3.8) is 0 Å². The summed E-state index contributed by atoms with van der Waals surface area (Å²) in [6, 6.07) is 21.5. The van der Waals surface area contributed by atoms with Crippen molar-refractivity contribution in [1.29, 1.82) is 0 Å². The molecule has 0 spiro atoms. The monoisotopic (exact) mass is 438 g/mol. The van der Waals surface area contributed by atoms with Crippen LogP contribution in [0.2, 0.25) is 0 Å². The topological polar surface area (TPSA) is 75.7 Å². The number of nitrogens with one attached hydrogen (secondary N) is 1. The minimum Gasteiger partial charge on any atom is -0.495 e. The summed E-state index contributed by atoms with van der Waals surface area (Å²) in [5.74, 6) is 0.0529. The van der Waals surface area contributed by atoms with Crippen LogP contribution in [0.15, 0.2) is 77.7 Å². The number of benzene rings is 3. The van der Waals surface area contributed by atoms with Crippen molar-refractivity contribution in [2.45, 2.75) is 25.3 Å². The van der Waals surface area contributed by atoms with E-state index < -0.39 is 15.9 Å². The van der Waals surface area contributed by atoms with Crippen LogP contribution in [-0.4, -0.2) is 32.3 Å². The summed E-state index contributed by atoms with van der Waals surface area (Å²) in [4.78, 5) is 13.0. The molecule has 0 bridgehead atoms. The molecule has 31 heavy (non-hydrogen) atoms. The molecule has 0 saturated carbocycles. The number of aryl methyl sites for hydroxylation is 2. The van der Waals surface area contributed by atoms with Gasteiger partial charge in [0.1, 0.15) is 5.75 Å². The number of carbonyl (C=O) groups is 1. The van der Waals surface area contributed by atoms with E-state index in [1.807, 2.05) is 43.3 Å². The highest BCUT2D eigenvalue weighted by Crippen LogP contribution is 2.25. The van der Waals surface area contributed by atoms with Crippen molar-refractivity contribution in [3.05, 3.63) is 89.5 Å². The molecule has 3 aromatic carbocycles. The van der Waals surface area contributed by atoms with E-state index in [-0.39, 0.29) is 18.0 Å². The Morgan fingerprint density at radius 3 is 2.35 bits per heavy atom. The van der Waals surface area contributed by atoms with Crippen LogP contribution in [0.25, 0.3) is 0 Å². The lowest BCUT2D eigenvalue weighted by Gasteiger charge is -2.23. The maximum absolute atomic E-state index is 13.5. The minimum absolute atomic E-state index is 0.0793. The van der Waals surface area contributed by atoms with Crippen LogP contribution in [0, 0.1) is 13.8 Å². The maximum atomic E-state index is 13.5. The number of amides is 1. The van der Waals surface area contributed by atoms with Gasteiger partial charge in [0.15, 0.2) is 0 Å². The van der Waals surface area contributed by atoms with E-state index in [9.17, 15) is 13.2 Å². The number of hydrogen-bond donors (Lipinski definition) is 1. The first-order chi connectivity index (χ1) is 14.8. The Morgan fingerprint density at radius 1 is 0.968 bits per heavy atom. The fraction of sp³-hybridized carbons (Fsp3) is 0.208. The fourth-order valence-electron chi connectivity index (χ4n) is 3.24. The Balaban J connectivity index is 1.92. The first kappa shape index (κ1) is 22.5. The minimum atomic E-state index is -3.91. The van der Waals surface area contributed by atoms with Crippen molar-refractivity contribution < 1.29 is 17.9 Å². The van der Waals surface area contributed by atoms with Crippen LogP contribution in [0.1, 0.15) is 16.7 Å². The van der Waals surface area contributed by atoms with Gasteiger partial charge in [-0.25, -0.2) is 8.42 Å². The van der Waals surface area contributed by atoms with Crippen LogP contribution in [0.5, 0.6) is 5.75 Å². The average Bonchev–Trinajstić information content (AvgIpc) is 2.76. The van der Waals surface area contributed by atoms with Gasteiger partial charge in [-0.3, -0.25) is 4.79 Å². The zero-order chi connectivity index (χ0) is 22.4. The van der Waals surface area contributed by atoms with Crippen molar-refractivity contribution >= 4 is 21.6 Å². The molecule has 0 radical (unpaired) electrons. The maximum Gasteiger partial charge on any atom is 0.244 e. The molecule has 7 heteroatoms. The van der Waals surface area contributed by atoms with Gasteiger partial charge in [-0.2, -0.15) is 4.31 Å². The second-order valence-electron chi connectivity index (χ2n) is 7.28. The summed E-state index contributed by atoms with van der Waals surface area (Å²) >= 11 is 0.